The SMILES string of the molecule is COc1cc(-c2cnc(N3C[C@@H]4C[C@H]3CN4C(=O)OC(C)(C)C)c(C(F)(F)F)c2)cn2cc(C)nc12. The van der Waals surface area contributed by atoms with E-state index in [1.807, 2.05) is 6.92 Å². The summed E-state index contributed by atoms with van der Waals surface area (Å²) in [6.07, 6.45) is 0.481. The number of pyridine rings is 2. The van der Waals surface area contributed by atoms with Crippen molar-refractivity contribution in [2.24, 2.45) is 0 Å². The van der Waals surface area contributed by atoms with Gasteiger partial charge in [0.15, 0.2) is 11.4 Å². The molecule has 36 heavy (non-hydrogen) atoms. The lowest BCUT2D eigenvalue weighted by Gasteiger charge is -2.36. The number of imidazole rings is 1. The quantitative estimate of drug-likeness (QED) is 0.505. The van der Waals surface area contributed by atoms with E-state index in [1.165, 1.54) is 13.3 Å². The topological polar surface area (TPSA) is 72.2 Å². The molecule has 0 aliphatic carbocycles. The number of aromatic nitrogens is 3. The van der Waals surface area contributed by atoms with Crippen LogP contribution in [0.3, 0.4) is 0 Å². The summed E-state index contributed by atoms with van der Waals surface area (Å²) in [5.41, 5.74) is 0.747. The van der Waals surface area contributed by atoms with Gasteiger partial charge in [-0.25, -0.2) is 14.8 Å². The first-order valence-electron chi connectivity index (χ1n) is 11.7. The summed E-state index contributed by atoms with van der Waals surface area (Å²) >= 11 is 0. The molecular weight excluding hydrogens is 475 g/mol. The highest BCUT2D eigenvalue weighted by atomic mass is 19.4. The van der Waals surface area contributed by atoms with Crippen LogP contribution in [0.1, 0.15) is 38.4 Å². The molecule has 2 bridgehead atoms. The number of anilines is 1. The van der Waals surface area contributed by atoms with Crippen LogP contribution in [-0.4, -0.2) is 63.2 Å². The molecule has 2 fully saturated rings. The third kappa shape index (κ3) is 4.31. The number of hydrogen-bond acceptors (Lipinski definition) is 6. The van der Waals surface area contributed by atoms with E-state index in [0.717, 1.165) is 11.8 Å². The van der Waals surface area contributed by atoms with Gasteiger partial charge in [-0.3, -0.25) is 0 Å². The zero-order chi connectivity index (χ0) is 26.0. The number of likely N-dealkylation sites (tertiary alicyclic amines) is 1. The van der Waals surface area contributed by atoms with Crippen LogP contribution in [0, 0.1) is 6.92 Å². The van der Waals surface area contributed by atoms with Crippen molar-refractivity contribution in [1.82, 2.24) is 19.3 Å². The highest BCUT2D eigenvalue weighted by Gasteiger charge is 2.49. The summed E-state index contributed by atoms with van der Waals surface area (Å²) in [6, 6.07) is 2.32. The number of carbonyl (C=O) groups is 1. The van der Waals surface area contributed by atoms with Gasteiger partial charge in [-0.2, -0.15) is 13.2 Å². The van der Waals surface area contributed by atoms with Crippen molar-refractivity contribution >= 4 is 17.6 Å². The van der Waals surface area contributed by atoms with Gasteiger partial charge in [-0.1, -0.05) is 0 Å². The second-order valence-corrected chi connectivity index (χ2v) is 10.3. The molecule has 3 aromatic heterocycles. The molecular formula is C25H28F3N5O3. The number of hydrogen-bond donors (Lipinski definition) is 0. The fourth-order valence-electron chi connectivity index (χ4n) is 5.02. The molecule has 0 aromatic carbocycles. The van der Waals surface area contributed by atoms with Crippen molar-refractivity contribution in [2.45, 2.75) is 58.0 Å². The molecule has 1 amide bonds. The van der Waals surface area contributed by atoms with Crippen LogP contribution in [0.5, 0.6) is 5.75 Å². The number of alkyl halides is 3. The molecule has 0 N–H and O–H groups in total. The zero-order valence-corrected chi connectivity index (χ0v) is 20.8. The standard InChI is InChI=1S/C25H28F3N5O3/c1-14-10-31-11-16(7-20(35-5)22(31)30-14)15-6-19(25(26,27)28)21(29-9-15)32-12-18-8-17(32)13-33(18)23(34)36-24(2,3)4/h6-7,9-11,17-18H,8,12-13H2,1-5H3/t17-,18-/m0/s1. The van der Waals surface area contributed by atoms with Crippen molar-refractivity contribution in [2.75, 3.05) is 25.1 Å². The van der Waals surface area contributed by atoms with Crippen molar-refractivity contribution in [3.8, 4) is 16.9 Å². The van der Waals surface area contributed by atoms with Crippen LogP contribution in [0.4, 0.5) is 23.8 Å². The molecule has 5 rings (SSSR count). The van der Waals surface area contributed by atoms with Crippen LogP contribution in [0.25, 0.3) is 16.8 Å². The fourth-order valence-corrected chi connectivity index (χ4v) is 5.02. The van der Waals surface area contributed by atoms with Crippen LogP contribution < -0.4 is 9.64 Å². The summed E-state index contributed by atoms with van der Waals surface area (Å²) in [7, 11) is 1.49. The second kappa shape index (κ2) is 8.28. The Morgan fingerprint density at radius 2 is 1.83 bits per heavy atom. The Morgan fingerprint density at radius 1 is 1.08 bits per heavy atom. The van der Waals surface area contributed by atoms with Gasteiger partial charge < -0.3 is 23.7 Å². The Balaban J connectivity index is 1.47. The normalized spacial score (nSPS) is 19.9. The molecule has 2 aliphatic rings. The molecule has 2 aliphatic heterocycles. The summed E-state index contributed by atoms with van der Waals surface area (Å²) < 4.78 is 55.3. The van der Waals surface area contributed by atoms with Gasteiger partial charge in [0.25, 0.3) is 0 Å². The minimum Gasteiger partial charge on any atom is -0.493 e. The Bertz CT molecular complexity index is 1330. The number of fused-ring (bicyclic) bond motifs is 3. The Kier molecular flexibility index (Phi) is 5.57. The highest BCUT2D eigenvalue weighted by Crippen LogP contribution is 2.42. The van der Waals surface area contributed by atoms with Crippen molar-refractivity contribution < 1.29 is 27.4 Å². The van der Waals surface area contributed by atoms with Crippen molar-refractivity contribution in [3.63, 3.8) is 0 Å². The predicted octanol–water partition coefficient (Wildman–Crippen LogP) is 4.93. The number of methoxy groups -OCH3 is 1. The number of piperazine rings is 1. The molecule has 0 unspecified atom stereocenters. The zero-order valence-electron chi connectivity index (χ0n) is 20.8. The molecule has 11 heteroatoms. The van der Waals surface area contributed by atoms with Gasteiger partial charge in [0.05, 0.1) is 30.5 Å². The maximum absolute atomic E-state index is 14.2. The van der Waals surface area contributed by atoms with Gasteiger partial charge in [0, 0.05) is 42.8 Å². The molecule has 5 heterocycles. The first-order chi connectivity index (χ1) is 16.8. The maximum atomic E-state index is 14.2. The molecule has 2 saturated heterocycles. The van der Waals surface area contributed by atoms with Crippen molar-refractivity contribution in [1.29, 1.82) is 0 Å². The second-order valence-electron chi connectivity index (χ2n) is 10.3. The summed E-state index contributed by atoms with van der Waals surface area (Å²) in [4.78, 5) is 24.5. The van der Waals surface area contributed by atoms with Crippen LogP contribution >= 0.6 is 0 Å². The number of carbonyl (C=O) groups excluding carboxylic acids is 1. The first kappa shape index (κ1) is 24.2. The highest BCUT2D eigenvalue weighted by molar-refractivity contribution is 5.73. The number of halogens is 3. The van der Waals surface area contributed by atoms with E-state index in [0.29, 0.717) is 35.5 Å². The number of ether oxygens (including phenoxy) is 2. The van der Waals surface area contributed by atoms with Gasteiger partial charge in [0.1, 0.15) is 11.4 Å². The summed E-state index contributed by atoms with van der Waals surface area (Å²) in [5.74, 6) is 0.339. The molecule has 0 radical (unpaired) electrons. The first-order valence-corrected chi connectivity index (χ1v) is 11.7. The number of rotatable bonds is 3. The fraction of sp³-hybridized carbons (Fsp3) is 0.480. The molecule has 0 saturated carbocycles. The van der Waals surface area contributed by atoms with Gasteiger partial charge in [0.2, 0.25) is 0 Å². The van der Waals surface area contributed by atoms with Crippen molar-refractivity contribution in [3.05, 3.63) is 42.0 Å². The summed E-state index contributed by atoms with van der Waals surface area (Å²) in [6.45, 7) is 7.76. The molecule has 3 aromatic rings. The Labute approximate surface area is 206 Å². The average Bonchev–Trinajstić information content (AvgIpc) is 3.49. The van der Waals surface area contributed by atoms with Crippen LogP contribution in [-0.2, 0) is 10.9 Å². The van der Waals surface area contributed by atoms with E-state index in [1.54, 1.807) is 53.4 Å². The molecule has 8 nitrogen and oxygen atoms in total. The van der Waals surface area contributed by atoms with E-state index in [9.17, 15) is 18.0 Å². The lowest BCUT2D eigenvalue weighted by molar-refractivity contribution is -0.137. The van der Waals surface area contributed by atoms with Gasteiger partial charge in [-0.05, 0) is 46.2 Å². The number of nitrogens with zero attached hydrogens (tertiary/aromatic N) is 5. The van der Waals surface area contributed by atoms with E-state index >= 15 is 0 Å². The largest absolute Gasteiger partial charge is 0.493 e. The molecule has 2 atom stereocenters. The number of aryl methyl sites for hydroxylation is 1. The monoisotopic (exact) mass is 503 g/mol. The lowest BCUT2D eigenvalue weighted by atomic mass is 10.1. The van der Waals surface area contributed by atoms with Gasteiger partial charge >= 0.3 is 12.3 Å². The Morgan fingerprint density at radius 3 is 2.44 bits per heavy atom. The van der Waals surface area contributed by atoms with E-state index in [4.69, 9.17) is 9.47 Å². The molecule has 192 valence electrons. The van der Waals surface area contributed by atoms with E-state index < -0.39 is 23.4 Å². The number of amides is 1. The lowest BCUT2D eigenvalue weighted by Crippen LogP contribution is -2.50. The van der Waals surface area contributed by atoms with Gasteiger partial charge in [-0.15, -0.1) is 0 Å². The van der Waals surface area contributed by atoms with E-state index in [-0.39, 0.29) is 24.4 Å². The molecule has 0 spiro atoms. The minimum atomic E-state index is -4.61. The summed E-state index contributed by atoms with van der Waals surface area (Å²) in [5, 5.41) is 0. The van der Waals surface area contributed by atoms with Crippen LogP contribution in [0.2, 0.25) is 0 Å². The Hall–Kier alpha value is -3.50. The third-order valence-electron chi connectivity index (χ3n) is 6.50. The third-order valence-corrected chi connectivity index (χ3v) is 6.50. The smallest absolute Gasteiger partial charge is 0.419 e. The maximum Gasteiger partial charge on any atom is 0.419 e. The predicted molar refractivity (Wildman–Crippen MR) is 127 cm³/mol. The minimum absolute atomic E-state index is 0.117. The van der Waals surface area contributed by atoms with E-state index in [2.05, 4.69) is 9.97 Å². The average molecular weight is 504 g/mol. The van der Waals surface area contributed by atoms with Crippen LogP contribution in [0.15, 0.2) is 30.7 Å².